The van der Waals surface area contributed by atoms with Gasteiger partial charge in [0, 0.05) is 37.6 Å². The van der Waals surface area contributed by atoms with E-state index in [2.05, 4.69) is 20.9 Å². The molecular weight excluding hydrogens is 483 g/mol. The first-order chi connectivity index (χ1) is 17.7. The van der Waals surface area contributed by atoms with Gasteiger partial charge < -0.3 is 26.0 Å². The summed E-state index contributed by atoms with van der Waals surface area (Å²) in [5, 5.41) is 8.67. The number of alkyl halides is 3. The maximum Gasteiger partial charge on any atom is 0.407 e. The van der Waals surface area contributed by atoms with Gasteiger partial charge in [-0.1, -0.05) is 44.2 Å². The Hall–Kier alpha value is -2.82. The molecule has 1 aliphatic rings. The molecule has 1 heterocycles. The van der Waals surface area contributed by atoms with Crippen molar-refractivity contribution in [3.8, 4) is 0 Å². The van der Waals surface area contributed by atoms with Gasteiger partial charge in [-0.2, -0.15) is 13.2 Å². The Morgan fingerprint density at radius 1 is 1.05 bits per heavy atom. The first kappa shape index (κ1) is 28.7. The molecule has 5 N–H and O–H groups in total. The molecule has 0 spiro atoms. The molecule has 2 aromatic carbocycles. The number of nitrogens with one attached hydrogen (secondary N) is 3. The maximum atomic E-state index is 13.9. The quantitative estimate of drug-likeness (QED) is 0.341. The highest BCUT2D eigenvalue weighted by Gasteiger charge is 2.43. The highest BCUT2D eigenvalue weighted by molar-refractivity contribution is 5.82. The minimum atomic E-state index is -4.56. The Balaban J connectivity index is 1.61. The van der Waals surface area contributed by atoms with Gasteiger partial charge in [-0.15, -0.1) is 0 Å². The van der Waals surface area contributed by atoms with E-state index in [1.54, 1.807) is 18.2 Å². The first-order valence-electron chi connectivity index (χ1n) is 12.7. The van der Waals surface area contributed by atoms with Crippen LogP contribution in [0.1, 0.15) is 31.9 Å². The summed E-state index contributed by atoms with van der Waals surface area (Å²) in [6, 6.07) is 12.1. The number of hydrogen-bond acceptors (Lipinski definition) is 6. The minimum Gasteiger partial charge on any atom is -0.383 e. The molecule has 1 saturated heterocycles. The number of hydrogen-bond donors (Lipinski definition) is 4. The predicted octanol–water partition coefficient (Wildman–Crippen LogP) is 3.69. The number of carbonyl (C=O) groups is 1. The summed E-state index contributed by atoms with van der Waals surface area (Å²) >= 11 is 0. The third-order valence-corrected chi connectivity index (χ3v) is 6.28. The number of morpholine rings is 1. The average Bonchev–Trinajstić information content (AvgIpc) is 2.89. The predicted molar refractivity (Wildman–Crippen MR) is 141 cm³/mol. The third kappa shape index (κ3) is 8.91. The summed E-state index contributed by atoms with van der Waals surface area (Å²) in [4.78, 5) is 15.4. The van der Waals surface area contributed by atoms with Crippen LogP contribution in [0.4, 0.5) is 24.5 Å². The Kier molecular flexibility index (Phi) is 10.6. The van der Waals surface area contributed by atoms with Crippen molar-refractivity contribution in [3.63, 3.8) is 0 Å². The maximum absolute atomic E-state index is 13.9. The van der Waals surface area contributed by atoms with E-state index in [1.807, 2.05) is 38.1 Å². The van der Waals surface area contributed by atoms with Gasteiger partial charge in [0.25, 0.3) is 0 Å². The Morgan fingerprint density at radius 2 is 1.70 bits per heavy atom. The van der Waals surface area contributed by atoms with Crippen LogP contribution in [0.25, 0.3) is 0 Å². The number of benzene rings is 2. The molecule has 37 heavy (non-hydrogen) atoms. The van der Waals surface area contributed by atoms with Crippen LogP contribution in [0, 0.1) is 5.92 Å². The van der Waals surface area contributed by atoms with E-state index in [-0.39, 0.29) is 24.4 Å². The number of anilines is 2. The summed E-state index contributed by atoms with van der Waals surface area (Å²) in [5.41, 5.74) is 7.93. The van der Waals surface area contributed by atoms with E-state index in [1.165, 1.54) is 12.1 Å². The summed E-state index contributed by atoms with van der Waals surface area (Å²) in [6.07, 6.45) is -4.31. The molecule has 7 nitrogen and oxygen atoms in total. The lowest BCUT2D eigenvalue weighted by Gasteiger charge is -2.30. The van der Waals surface area contributed by atoms with E-state index in [9.17, 15) is 18.0 Å². The van der Waals surface area contributed by atoms with E-state index in [0.29, 0.717) is 19.8 Å². The van der Waals surface area contributed by atoms with Crippen molar-refractivity contribution in [1.82, 2.24) is 10.6 Å². The van der Waals surface area contributed by atoms with Gasteiger partial charge in [0.1, 0.15) is 6.04 Å². The second-order valence-electron chi connectivity index (χ2n) is 9.70. The normalized spacial score (nSPS) is 16.8. The molecule has 204 valence electrons. The zero-order chi connectivity index (χ0) is 26.8. The van der Waals surface area contributed by atoms with Crippen LogP contribution in [-0.2, 0) is 9.53 Å². The van der Waals surface area contributed by atoms with Crippen LogP contribution >= 0.6 is 0 Å². The number of ether oxygens (including phenoxy) is 1. The molecule has 0 aromatic heterocycles. The smallest absolute Gasteiger partial charge is 0.383 e. The SMILES string of the molecule is CC(C)C[C@H](N[C@@H](c1ccccc1)C(F)(F)F)C(=O)N[C@@H](CN)CNc1ccc(N2CCOCC2)cc1. The van der Waals surface area contributed by atoms with Gasteiger partial charge in [-0.05, 0) is 42.2 Å². The molecule has 1 aliphatic heterocycles. The summed E-state index contributed by atoms with van der Waals surface area (Å²) < 4.78 is 47.1. The Labute approximate surface area is 216 Å². The van der Waals surface area contributed by atoms with Crippen LogP contribution in [0.2, 0.25) is 0 Å². The lowest BCUT2D eigenvalue weighted by Crippen LogP contribution is -2.54. The number of amides is 1. The van der Waals surface area contributed by atoms with Crippen molar-refractivity contribution in [2.24, 2.45) is 11.7 Å². The van der Waals surface area contributed by atoms with Gasteiger partial charge in [0.2, 0.25) is 5.91 Å². The molecule has 3 atom stereocenters. The fourth-order valence-corrected chi connectivity index (χ4v) is 4.30. The van der Waals surface area contributed by atoms with E-state index < -0.39 is 30.2 Å². The van der Waals surface area contributed by atoms with Crippen molar-refractivity contribution in [1.29, 1.82) is 0 Å². The van der Waals surface area contributed by atoms with Gasteiger partial charge in [0.15, 0.2) is 0 Å². The molecule has 0 bridgehead atoms. The number of carbonyl (C=O) groups excluding carboxylic acids is 1. The fraction of sp³-hybridized carbons (Fsp3) is 0.519. The van der Waals surface area contributed by atoms with Crippen LogP contribution in [0.5, 0.6) is 0 Å². The Bertz CT molecular complexity index is 951. The van der Waals surface area contributed by atoms with Gasteiger partial charge in [-0.25, -0.2) is 0 Å². The topological polar surface area (TPSA) is 91.7 Å². The lowest BCUT2D eigenvalue weighted by atomic mass is 9.99. The number of nitrogens with zero attached hydrogens (tertiary/aromatic N) is 1. The minimum absolute atomic E-state index is 0.00680. The zero-order valence-electron chi connectivity index (χ0n) is 21.4. The molecule has 1 amide bonds. The first-order valence-corrected chi connectivity index (χ1v) is 12.7. The third-order valence-electron chi connectivity index (χ3n) is 6.28. The molecule has 2 aromatic rings. The molecule has 1 fully saturated rings. The average molecular weight is 522 g/mol. The number of rotatable bonds is 12. The molecule has 0 radical (unpaired) electrons. The standard InChI is InChI=1S/C27H38F3N5O2/c1-19(2)16-24(34-25(27(28,29)30)20-6-4-3-5-7-20)26(36)33-22(17-31)18-32-21-8-10-23(11-9-21)35-12-14-37-15-13-35/h3-11,19,22,24-25,32,34H,12-18,31H2,1-2H3,(H,33,36)/t22-,24-,25-/m0/s1. The van der Waals surface area contributed by atoms with Crippen molar-refractivity contribution in [3.05, 3.63) is 60.2 Å². The van der Waals surface area contributed by atoms with E-state index in [4.69, 9.17) is 10.5 Å². The number of halogens is 3. The van der Waals surface area contributed by atoms with Crippen molar-refractivity contribution < 1.29 is 22.7 Å². The van der Waals surface area contributed by atoms with Crippen molar-refractivity contribution in [2.45, 2.75) is 44.6 Å². The molecule has 0 saturated carbocycles. The zero-order valence-corrected chi connectivity index (χ0v) is 21.4. The van der Waals surface area contributed by atoms with Crippen LogP contribution in [0.3, 0.4) is 0 Å². The molecular formula is C27H38F3N5O2. The highest BCUT2D eigenvalue weighted by atomic mass is 19.4. The molecule has 0 unspecified atom stereocenters. The second kappa shape index (κ2) is 13.6. The Morgan fingerprint density at radius 3 is 2.27 bits per heavy atom. The van der Waals surface area contributed by atoms with Crippen molar-refractivity contribution in [2.75, 3.05) is 49.6 Å². The fourth-order valence-electron chi connectivity index (χ4n) is 4.30. The second-order valence-corrected chi connectivity index (χ2v) is 9.70. The van der Waals surface area contributed by atoms with E-state index >= 15 is 0 Å². The van der Waals surface area contributed by atoms with Gasteiger partial charge in [0.05, 0.1) is 25.3 Å². The van der Waals surface area contributed by atoms with Crippen LogP contribution in [0.15, 0.2) is 54.6 Å². The van der Waals surface area contributed by atoms with Gasteiger partial charge in [-0.3, -0.25) is 10.1 Å². The van der Waals surface area contributed by atoms with Crippen LogP contribution < -0.4 is 26.6 Å². The summed E-state index contributed by atoms with van der Waals surface area (Å²) in [6.45, 7) is 7.33. The molecule has 3 rings (SSSR count). The summed E-state index contributed by atoms with van der Waals surface area (Å²) in [5.74, 6) is -0.494. The number of nitrogens with two attached hydrogens (primary N) is 1. The van der Waals surface area contributed by atoms with Crippen molar-refractivity contribution >= 4 is 17.3 Å². The lowest BCUT2D eigenvalue weighted by molar-refractivity contribution is -0.161. The monoisotopic (exact) mass is 521 g/mol. The summed E-state index contributed by atoms with van der Waals surface area (Å²) in [7, 11) is 0. The van der Waals surface area contributed by atoms with Crippen LogP contribution in [-0.4, -0.2) is 63.6 Å². The highest BCUT2D eigenvalue weighted by Crippen LogP contribution is 2.33. The largest absolute Gasteiger partial charge is 0.407 e. The van der Waals surface area contributed by atoms with Gasteiger partial charge >= 0.3 is 6.18 Å². The molecule has 10 heteroatoms. The molecule has 0 aliphatic carbocycles. The van der Waals surface area contributed by atoms with E-state index in [0.717, 1.165) is 24.5 Å².